The Morgan fingerprint density at radius 2 is 1.77 bits per heavy atom. The number of carboxylic acid groups (broad SMARTS) is 1. The van der Waals surface area contributed by atoms with E-state index in [1.165, 1.54) is 5.56 Å². The Bertz CT molecular complexity index is 524. The van der Waals surface area contributed by atoms with Gasteiger partial charge in [0.05, 0.1) is 11.8 Å². The number of amides is 1. The topological polar surface area (TPSA) is 66.4 Å². The number of anilines is 1. The Morgan fingerprint density at radius 3 is 2.32 bits per heavy atom. The molecule has 1 fully saturated rings. The molecular weight excluding hydrogens is 278 g/mol. The van der Waals surface area contributed by atoms with Gasteiger partial charge in [0.25, 0.3) is 0 Å². The highest BCUT2D eigenvalue weighted by molar-refractivity contribution is 5.95. The molecule has 1 aliphatic rings. The molecule has 0 spiro atoms. The summed E-state index contributed by atoms with van der Waals surface area (Å²) >= 11 is 0. The SMILES string of the molecule is CCC(C)c1ccc(NC(=O)C2CCCCC2C(=O)O)cc1. The number of nitrogens with one attached hydrogen (secondary N) is 1. The summed E-state index contributed by atoms with van der Waals surface area (Å²) in [6.07, 6.45) is 4.15. The molecule has 1 aromatic rings. The lowest BCUT2D eigenvalue weighted by atomic mass is 9.78. The second-order valence-corrected chi connectivity index (χ2v) is 6.26. The van der Waals surface area contributed by atoms with Gasteiger partial charge < -0.3 is 10.4 Å². The minimum absolute atomic E-state index is 0.164. The van der Waals surface area contributed by atoms with Gasteiger partial charge in [-0.1, -0.05) is 38.8 Å². The van der Waals surface area contributed by atoms with Crippen molar-refractivity contribution in [3.05, 3.63) is 29.8 Å². The molecule has 120 valence electrons. The van der Waals surface area contributed by atoms with E-state index in [0.717, 1.165) is 24.9 Å². The Balaban J connectivity index is 2.03. The molecule has 2 rings (SSSR count). The highest BCUT2D eigenvalue weighted by Crippen LogP contribution is 2.31. The third-order valence-corrected chi connectivity index (χ3v) is 4.78. The number of carbonyl (C=O) groups excluding carboxylic acids is 1. The number of rotatable bonds is 5. The summed E-state index contributed by atoms with van der Waals surface area (Å²) < 4.78 is 0. The summed E-state index contributed by atoms with van der Waals surface area (Å²) in [6.45, 7) is 4.32. The fraction of sp³-hybridized carbons (Fsp3) is 0.556. The monoisotopic (exact) mass is 303 g/mol. The van der Waals surface area contributed by atoms with Crippen LogP contribution in [0.25, 0.3) is 0 Å². The Kier molecular flexibility index (Phi) is 5.58. The average molecular weight is 303 g/mol. The molecule has 4 heteroatoms. The molecule has 22 heavy (non-hydrogen) atoms. The van der Waals surface area contributed by atoms with Gasteiger partial charge in [-0.25, -0.2) is 0 Å². The lowest BCUT2D eigenvalue weighted by molar-refractivity contribution is -0.147. The molecule has 0 aliphatic heterocycles. The van der Waals surface area contributed by atoms with Crippen molar-refractivity contribution in [2.45, 2.75) is 51.9 Å². The van der Waals surface area contributed by atoms with Crippen LogP contribution < -0.4 is 5.32 Å². The summed E-state index contributed by atoms with van der Waals surface area (Å²) in [5.74, 6) is -1.48. The zero-order chi connectivity index (χ0) is 16.1. The maximum absolute atomic E-state index is 12.4. The lowest BCUT2D eigenvalue weighted by Crippen LogP contribution is -2.36. The number of benzene rings is 1. The van der Waals surface area contributed by atoms with E-state index in [1.807, 2.05) is 24.3 Å². The van der Waals surface area contributed by atoms with Crippen LogP contribution in [0.1, 0.15) is 57.4 Å². The van der Waals surface area contributed by atoms with Crippen LogP contribution in [0.5, 0.6) is 0 Å². The Hall–Kier alpha value is -1.84. The van der Waals surface area contributed by atoms with Gasteiger partial charge in [0.15, 0.2) is 0 Å². The zero-order valence-electron chi connectivity index (χ0n) is 13.3. The predicted octanol–water partition coefficient (Wildman–Crippen LogP) is 4.03. The minimum atomic E-state index is -0.855. The zero-order valence-corrected chi connectivity index (χ0v) is 13.3. The molecule has 2 N–H and O–H groups in total. The fourth-order valence-corrected chi connectivity index (χ4v) is 3.11. The summed E-state index contributed by atoms with van der Waals surface area (Å²) in [4.78, 5) is 23.7. The summed E-state index contributed by atoms with van der Waals surface area (Å²) in [5.41, 5.74) is 1.99. The van der Waals surface area contributed by atoms with Crippen LogP contribution in [0.2, 0.25) is 0 Å². The van der Waals surface area contributed by atoms with Crippen LogP contribution in [0, 0.1) is 11.8 Å². The number of carboxylic acids is 1. The first-order chi connectivity index (χ1) is 10.5. The van der Waals surface area contributed by atoms with Gasteiger partial charge in [-0.05, 0) is 42.9 Å². The van der Waals surface area contributed by atoms with Gasteiger partial charge in [-0.15, -0.1) is 0 Å². The van der Waals surface area contributed by atoms with Crippen molar-refractivity contribution < 1.29 is 14.7 Å². The first-order valence-corrected chi connectivity index (χ1v) is 8.16. The third-order valence-electron chi connectivity index (χ3n) is 4.78. The normalized spacial score (nSPS) is 22.8. The number of aliphatic carboxylic acids is 1. The number of carbonyl (C=O) groups is 2. The maximum atomic E-state index is 12.4. The molecule has 3 atom stereocenters. The molecule has 1 aliphatic carbocycles. The van der Waals surface area contributed by atoms with Crippen LogP contribution in [0.15, 0.2) is 24.3 Å². The standard InChI is InChI=1S/C18H25NO3/c1-3-12(2)13-8-10-14(11-9-13)19-17(20)15-6-4-5-7-16(15)18(21)22/h8-12,15-16H,3-7H2,1-2H3,(H,19,20)(H,21,22). The third kappa shape index (κ3) is 3.87. The molecule has 4 nitrogen and oxygen atoms in total. The van der Waals surface area contributed by atoms with Crippen LogP contribution in [-0.4, -0.2) is 17.0 Å². The smallest absolute Gasteiger partial charge is 0.307 e. The largest absolute Gasteiger partial charge is 0.481 e. The second-order valence-electron chi connectivity index (χ2n) is 6.26. The van der Waals surface area contributed by atoms with Crippen molar-refractivity contribution in [1.29, 1.82) is 0 Å². The number of hydrogen-bond acceptors (Lipinski definition) is 2. The summed E-state index contributed by atoms with van der Waals surface area (Å²) in [7, 11) is 0. The number of hydrogen-bond donors (Lipinski definition) is 2. The van der Waals surface area contributed by atoms with Crippen molar-refractivity contribution in [3.8, 4) is 0 Å². The van der Waals surface area contributed by atoms with Crippen molar-refractivity contribution >= 4 is 17.6 Å². The van der Waals surface area contributed by atoms with Crippen LogP contribution in [-0.2, 0) is 9.59 Å². The van der Waals surface area contributed by atoms with Gasteiger partial charge in [-0.2, -0.15) is 0 Å². The maximum Gasteiger partial charge on any atom is 0.307 e. The quantitative estimate of drug-likeness (QED) is 0.863. The first-order valence-electron chi connectivity index (χ1n) is 8.16. The van der Waals surface area contributed by atoms with Gasteiger partial charge in [0, 0.05) is 5.69 Å². The van der Waals surface area contributed by atoms with Crippen LogP contribution >= 0.6 is 0 Å². The van der Waals surface area contributed by atoms with Gasteiger partial charge in [0.1, 0.15) is 0 Å². The fourth-order valence-electron chi connectivity index (χ4n) is 3.11. The molecule has 1 amide bonds. The molecular formula is C18H25NO3. The molecule has 1 aromatic carbocycles. The van der Waals surface area contributed by atoms with Crippen LogP contribution in [0.3, 0.4) is 0 Å². The highest BCUT2D eigenvalue weighted by atomic mass is 16.4. The van der Waals surface area contributed by atoms with Gasteiger partial charge >= 0.3 is 5.97 Å². The summed E-state index contributed by atoms with van der Waals surface area (Å²) in [6, 6.07) is 7.86. The van der Waals surface area contributed by atoms with Gasteiger partial charge in [0.2, 0.25) is 5.91 Å². The van der Waals surface area contributed by atoms with Crippen molar-refractivity contribution in [2.75, 3.05) is 5.32 Å². The molecule has 0 saturated heterocycles. The van der Waals surface area contributed by atoms with E-state index in [2.05, 4.69) is 19.2 Å². The van der Waals surface area contributed by atoms with E-state index in [4.69, 9.17) is 0 Å². The lowest BCUT2D eigenvalue weighted by Gasteiger charge is -2.27. The van der Waals surface area contributed by atoms with Crippen molar-refractivity contribution in [2.24, 2.45) is 11.8 Å². The van der Waals surface area contributed by atoms with Gasteiger partial charge in [-0.3, -0.25) is 9.59 Å². The summed E-state index contributed by atoms with van der Waals surface area (Å²) in [5, 5.41) is 12.1. The molecule has 1 saturated carbocycles. The average Bonchev–Trinajstić information content (AvgIpc) is 2.54. The molecule has 0 heterocycles. The minimum Gasteiger partial charge on any atom is -0.481 e. The second kappa shape index (κ2) is 7.43. The molecule has 0 bridgehead atoms. The molecule has 0 aromatic heterocycles. The Morgan fingerprint density at radius 1 is 1.18 bits per heavy atom. The predicted molar refractivity (Wildman–Crippen MR) is 86.9 cm³/mol. The van der Waals surface area contributed by atoms with E-state index in [0.29, 0.717) is 18.8 Å². The molecule has 0 radical (unpaired) electrons. The van der Waals surface area contributed by atoms with Crippen molar-refractivity contribution in [1.82, 2.24) is 0 Å². The van der Waals surface area contributed by atoms with Crippen molar-refractivity contribution in [3.63, 3.8) is 0 Å². The van der Waals surface area contributed by atoms with E-state index < -0.39 is 17.8 Å². The first kappa shape index (κ1) is 16.5. The van der Waals surface area contributed by atoms with E-state index in [-0.39, 0.29) is 5.91 Å². The Labute approximate surface area is 131 Å². The van der Waals surface area contributed by atoms with E-state index in [9.17, 15) is 14.7 Å². The highest BCUT2D eigenvalue weighted by Gasteiger charge is 2.35. The molecule has 3 unspecified atom stereocenters. The van der Waals surface area contributed by atoms with E-state index >= 15 is 0 Å². The van der Waals surface area contributed by atoms with Crippen LogP contribution in [0.4, 0.5) is 5.69 Å². The van der Waals surface area contributed by atoms with E-state index in [1.54, 1.807) is 0 Å².